The van der Waals surface area contributed by atoms with Crippen LogP contribution in [0, 0.1) is 0 Å². The molecule has 0 unspecified atom stereocenters. The van der Waals surface area contributed by atoms with E-state index in [-0.39, 0.29) is 35.7 Å². The maximum Gasteiger partial charge on any atom is 0.340 e. The Bertz CT molecular complexity index is 507. The summed E-state index contributed by atoms with van der Waals surface area (Å²) < 4.78 is 9.52. The highest BCUT2D eigenvalue weighted by molar-refractivity contribution is 6.03. The largest absolute Gasteiger partial charge is 0.462 e. The molecule has 0 aliphatic heterocycles. The third-order valence-electron chi connectivity index (χ3n) is 2.30. The van der Waals surface area contributed by atoms with Crippen molar-refractivity contribution < 1.29 is 28.7 Å². The average molecular weight is 279 g/mol. The summed E-state index contributed by atoms with van der Waals surface area (Å²) in [5.74, 6) is -1.60. The Balaban J connectivity index is 3.40. The summed E-state index contributed by atoms with van der Waals surface area (Å²) in [6.07, 6.45) is 0.627. The van der Waals surface area contributed by atoms with Gasteiger partial charge in [0.2, 0.25) is 0 Å². The lowest BCUT2D eigenvalue weighted by Gasteiger charge is -2.08. The number of carbonyl (C=O) groups is 4. The third kappa shape index (κ3) is 3.25. The fourth-order valence-electron chi connectivity index (χ4n) is 1.47. The first-order valence-corrected chi connectivity index (χ1v) is 5.88. The molecule has 0 saturated carbocycles. The van der Waals surface area contributed by atoms with Gasteiger partial charge >= 0.3 is 11.9 Å². The van der Waals surface area contributed by atoms with Crippen LogP contribution in [0.25, 0.3) is 0 Å². The van der Waals surface area contributed by atoms with Crippen LogP contribution in [0.5, 0.6) is 0 Å². The van der Waals surface area contributed by atoms with Crippen molar-refractivity contribution in [2.75, 3.05) is 13.2 Å². The van der Waals surface area contributed by atoms with Gasteiger partial charge in [-0.05, 0) is 19.9 Å². The van der Waals surface area contributed by atoms with Gasteiger partial charge in [0.1, 0.15) is 11.4 Å². The summed E-state index contributed by atoms with van der Waals surface area (Å²) in [4.78, 5) is 48.9. The van der Waals surface area contributed by atoms with Crippen LogP contribution in [0.1, 0.15) is 55.5 Å². The lowest BCUT2D eigenvalue weighted by Crippen LogP contribution is -2.16. The van der Waals surface area contributed by atoms with E-state index >= 15 is 0 Å². The summed E-state index contributed by atoms with van der Waals surface area (Å²) in [7, 11) is 0. The number of aldehydes is 2. The molecule has 0 aliphatic carbocycles. The minimum atomic E-state index is -0.801. The quantitative estimate of drug-likeness (QED) is 0.567. The van der Waals surface area contributed by atoms with E-state index in [0.29, 0.717) is 12.6 Å². The molecular weight excluding hydrogens is 266 g/mol. The maximum atomic E-state index is 11.7. The molecule has 0 spiro atoms. The minimum Gasteiger partial charge on any atom is -0.462 e. The number of hydrogen-bond acceptors (Lipinski definition) is 7. The number of ether oxygens (including phenoxy) is 2. The number of hydrogen-bond donors (Lipinski definition) is 0. The number of esters is 2. The fourth-order valence-corrected chi connectivity index (χ4v) is 1.47. The van der Waals surface area contributed by atoms with Crippen molar-refractivity contribution in [2.24, 2.45) is 0 Å². The molecule has 1 heterocycles. The zero-order chi connectivity index (χ0) is 15.1. The molecule has 7 nitrogen and oxygen atoms in total. The SMILES string of the molecule is CCOC(=O)c1cc(C(=O)OCC)c(C=O)nc1C=O. The monoisotopic (exact) mass is 279 g/mol. The van der Waals surface area contributed by atoms with E-state index < -0.39 is 11.9 Å². The molecule has 0 fully saturated rings. The van der Waals surface area contributed by atoms with E-state index in [9.17, 15) is 19.2 Å². The summed E-state index contributed by atoms with van der Waals surface area (Å²) >= 11 is 0. The van der Waals surface area contributed by atoms with Gasteiger partial charge in [0.05, 0.1) is 24.3 Å². The van der Waals surface area contributed by atoms with E-state index in [2.05, 4.69) is 4.98 Å². The molecule has 0 radical (unpaired) electrons. The van der Waals surface area contributed by atoms with Crippen LogP contribution >= 0.6 is 0 Å². The summed E-state index contributed by atoms with van der Waals surface area (Å²) in [6.45, 7) is 3.39. The molecule has 106 valence electrons. The highest BCUT2D eigenvalue weighted by Gasteiger charge is 2.22. The normalized spacial score (nSPS) is 9.70. The molecule has 0 aliphatic rings. The van der Waals surface area contributed by atoms with Crippen molar-refractivity contribution in [3.05, 3.63) is 28.6 Å². The zero-order valence-electron chi connectivity index (χ0n) is 11.0. The van der Waals surface area contributed by atoms with Crippen LogP contribution in [-0.4, -0.2) is 42.7 Å². The molecule has 1 rings (SSSR count). The lowest BCUT2D eigenvalue weighted by atomic mass is 10.1. The number of aromatic nitrogens is 1. The van der Waals surface area contributed by atoms with Crippen molar-refractivity contribution in [1.82, 2.24) is 4.98 Å². The Hall–Kier alpha value is -2.57. The van der Waals surface area contributed by atoms with Crippen molar-refractivity contribution in [3.8, 4) is 0 Å². The van der Waals surface area contributed by atoms with Gasteiger partial charge < -0.3 is 9.47 Å². The summed E-state index contributed by atoms with van der Waals surface area (Å²) in [6, 6.07) is 1.08. The Kier molecular flexibility index (Phi) is 5.52. The van der Waals surface area contributed by atoms with Gasteiger partial charge in [0, 0.05) is 0 Å². The first kappa shape index (κ1) is 15.5. The van der Waals surface area contributed by atoms with E-state index in [1.807, 2.05) is 0 Å². The van der Waals surface area contributed by atoms with Gasteiger partial charge in [-0.15, -0.1) is 0 Å². The topological polar surface area (TPSA) is 99.6 Å². The Morgan fingerprint density at radius 3 is 1.70 bits per heavy atom. The summed E-state index contributed by atoms with van der Waals surface area (Å²) in [5.41, 5.74) is -0.900. The molecule has 0 aromatic carbocycles. The number of rotatable bonds is 6. The molecule has 0 bridgehead atoms. The predicted molar refractivity (Wildman–Crippen MR) is 66.9 cm³/mol. The average Bonchev–Trinajstić information content (AvgIpc) is 2.46. The first-order valence-electron chi connectivity index (χ1n) is 5.88. The van der Waals surface area contributed by atoms with Crippen molar-refractivity contribution >= 4 is 24.5 Å². The second-order valence-electron chi connectivity index (χ2n) is 3.53. The predicted octanol–water partition coefficient (Wildman–Crippen LogP) is 1.06. The molecule has 7 heteroatoms. The van der Waals surface area contributed by atoms with Gasteiger partial charge in [-0.1, -0.05) is 0 Å². The second kappa shape index (κ2) is 7.13. The van der Waals surface area contributed by atoms with Gasteiger partial charge in [0.25, 0.3) is 0 Å². The van der Waals surface area contributed by atoms with Crippen molar-refractivity contribution in [3.63, 3.8) is 0 Å². The van der Waals surface area contributed by atoms with E-state index in [4.69, 9.17) is 9.47 Å². The smallest absolute Gasteiger partial charge is 0.340 e. The highest BCUT2D eigenvalue weighted by atomic mass is 16.5. The van der Waals surface area contributed by atoms with Crippen molar-refractivity contribution in [2.45, 2.75) is 13.8 Å². The van der Waals surface area contributed by atoms with Crippen LogP contribution in [0.2, 0.25) is 0 Å². The van der Waals surface area contributed by atoms with Gasteiger partial charge in [-0.25, -0.2) is 14.6 Å². The molecule has 0 amide bonds. The molecule has 0 N–H and O–H groups in total. The number of pyridine rings is 1. The van der Waals surface area contributed by atoms with Gasteiger partial charge in [-0.2, -0.15) is 0 Å². The van der Waals surface area contributed by atoms with E-state index in [0.717, 1.165) is 6.07 Å². The highest BCUT2D eigenvalue weighted by Crippen LogP contribution is 2.14. The van der Waals surface area contributed by atoms with Gasteiger partial charge in [0.15, 0.2) is 12.6 Å². The van der Waals surface area contributed by atoms with Crippen LogP contribution < -0.4 is 0 Å². The zero-order valence-corrected chi connectivity index (χ0v) is 11.0. The standard InChI is InChI=1S/C13H13NO6/c1-3-19-12(17)8-5-9(13(18)20-4-2)11(7-16)14-10(8)6-15/h5-7H,3-4H2,1-2H3. The van der Waals surface area contributed by atoms with E-state index in [1.54, 1.807) is 13.8 Å². The molecule has 0 saturated heterocycles. The fraction of sp³-hybridized carbons (Fsp3) is 0.308. The number of nitrogens with zero attached hydrogens (tertiary/aromatic N) is 1. The van der Waals surface area contributed by atoms with Crippen LogP contribution in [0.15, 0.2) is 6.07 Å². The van der Waals surface area contributed by atoms with E-state index in [1.165, 1.54) is 0 Å². The summed E-state index contributed by atoms with van der Waals surface area (Å²) in [5, 5.41) is 0. The van der Waals surface area contributed by atoms with Crippen LogP contribution in [-0.2, 0) is 9.47 Å². The van der Waals surface area contributed by atoms with Crippen molar-refractivity contribution in [1.29, 1.82) is 0 Å². The molecule has 1 aromatic heterocycles. The Labute approximate surface area is 114 Å². The first-order chi connectivity index (χ1) is 9.58. The van der Waals surface area contributed by atoms with Crippen LogP contribution in [0.3, 0.4) is 0 Å². The molecule has 0 atom stereocenters. The third-order valence-corrected chi connectivity index (χ3v) is 2.30. The van der Waals surface area contributed by atoms with Crippen LogP contribution in [0.4, 0.5) is 0 Å². The number of carbonyl (C=O) groups excluding carboxylic acids is 4. The molecular formula is C13H13NO6. The maximum absolute atomic E-state index is 11.7. The van der Waals surface area contributed by atoms with Gasteiger partial charge in [-0.3, -0.25) is 9.59 Å². The molecule has 1 aromatic rings. The Morgan fingerprint density at radius 2 is 1.40 bits per heavy atom. The second-order valence-corrected chi connectivity index (χ2v) is 3.53. The minimum absolute atomic E-state index is 0.0985. The Morgan fingerprint density at radius 1 is 1.00 bits per heavy atom. The molecule has 20 heavy (non-hydrogen) atoms. The lowest BCUT2D eigenvalue weighted by molar-refractivity contribution is 0.0520.